The minimum atomic E-state index is -0.496. The standard InChI is InChI=1S/C16H23N5O3/c17-10-11-3-4-13(24-11)16(23)21-8-6-20(7-9-21)15-12(14(18)22)2-1-5-19-15/h1-2,5,11,13H,3-4,6-10,17H2,(H2,18,22)/t11-,13+/m1/s1. The van der Waals surface area contributed by atoms with E-state index in [-0.39, 0.29) is 18.1 Å². The monoisotopic (exact) mass is 333 g/mol. The molecule has 8 nitrogen and oxygen atoms in total. The fourth-order valence-corrected chi connectivity index (χ4v) is 3.24. The van der Waals surface area contributed by atoms with Crippen LogP contribution in [-0.4, -0.2) is 66.6 Å². The first kappa shape index (κ1) is 16.7. The van der Waals surface area contributed by atoms with Crippen LogP contribution in [0.3, 0.4) is 0 Å². The Morgan fingerprint density at radius 1 is 1.25 bits per heavy atom. The third kappa shape index (κ3) is 3.34. The summed E-state index contributed by atoms with van der Waals surface area (Å²) in [5.74, 6) is 0.114. The molecule has 3 heterocycles. The lowest BCUT2D eigenvalue weighted by Gasteiger charge is -2.36. The van der Waals surface area contributed by atoms with Gasteiger partial charge in [-0.1, -0.05) is 0 Å². The number of anilines is 1. The third-order valence-electron chi connectivity index (χ3n) is 4.59. The lowest BCUT2D eigenvalue weighted by molar-refractivity contribution is -0.143. The Morgan fingerprint density at radius 2 is 2.00 bits per heavy atom. The number of nitrogens with zero attached hydrogens (tertiary/aromatic N) is 3. The van der Waals surface area contributed by atoms with Crippen molar-refractivity contribution in [2.24, 2.45) is 11.5 Å². The van der Waals surface area contributed by atoms with Crippen molar-refractivity contribution in [3.8, 4) is 0 Å². The summed E-state index contributed by atoms with van der Waals surface area (Å²) in [6, 6.07) is 3.36. The highest BCUT2D eigenvalue weighted by atomic mass is 16.5. The number of aromatic nitrogens is 1. The molecule has 24 heavy (non-hydrogen) atoms. The van der Waals surface area contributed by atoms with Crippen molar-refractivity contribution >= 4 is 17.6 Å². The number of piperazine rings is 1. The van der Waals surface area contributed by atoms with Crippen LogP contribution >= 0.6 is 0 Å². The molecule has 0 spiro atoms. The second-order valence-corrected chi connectivity index (χ2v) is 6.11. The second-order valence-electron chi connectivity index (χ2n) is 6.11. The number of amides is 2. The maximum absolute atomic E-state index is 12.5. The molecular formula is C16H23N5O3. The van der Waals surface area contributed by atoms with Gasteiger partial charge in [0.25, 0.3) is 11.8 Å². The van der Waals surface area contributed by atoms with Gasteiger partial charge in [-0.15, -0.1) is 0 Å². The summed E-state index contributed by atoms with van der Waals surface area (Å²) in [6.07, 6.45) is 2.82. The van der Waals surface area contributed by atoms with E-state index in [1.807, 2.05) is 9.80 Å². The highest BCUT2D eigenvalue weighted by Crippen LogP contribution is 2.23. The molecule has 0 unspecified atom stereocenters. The molecule has 0 aromatic carbocycles. The highest BCUT2D eigenvalue weighted by Gasteiger charge is 2.34. The van der Waals surface area contributed by atoms with Crippen molar-refractivity contribution in [3.05, 3.63) is 23.9 Å². The van der Waals surface area contributed by atoms with Crippen molar-refractivity contribution in [1.82, 2.24) is 9.88 Å². The molecule has 2 saturated heterocycles. The number of nitrogens with two attached hydrogens (primary N) is 2. The van der Waals surface area contributed by atoms with Gasteiger partial charge < -0.3 is 26.0 Å². The second kappa shape index (κ2) is 7.14. The smallest absolute Gasteiger partial charge is 0.252 e. The van der Waals surface area contributed by atoms with Crippen molar-refractivity contribution in [3.63, 3.8) is 0 Å². The number of pyridine rings is 1. The van der Waals surface area contributed by atoms with Gasteiger partial charge in [0.1, 0.15) is 11.9 Å². The SMILES string of the molecule is NC[C@H]1CC[C@@H](C(=O)N2CCN(c3ncccc3C(N)=O)CC2)O1. The number of primary amides is 1. The van der Waals surface area contributed by atoms with E-state index in [1.165, 1.54) is 0 Å². The van der Waals surface area contributed by atoms with Crippen LogP contribution in [0.5, 0.6) is 0 Å². The van der Waals surface area contributed by atoms with Crippen LogP contribution in [0.2, 0.25) is 0 Å². The lowest BCUT2D eigenvalue weighted by Crippen LogP contribution is -2.52. The summed E-state index contributed by atoms with van der Waals surface area (Å²) >= 11 is 0. The average Bonchev–Trinajstić information content (AvgIpc) is 3.10. The number of hydrogen-bond donors (Lipinski definition) is 2. The molecule has 1 aromatic rings. The molecule has 3 rings (SSSR count). The van der Waals surface area contributed by atoms with Crippen molar-refractivity contribution in [1.29, 1.82) is 0 Å². The van der Waals surface area contributed by atoms with Crippen LogP contribution in [0.4, 0.5) is 5.82 Å². The number of carbonyl (C=O) groups excluding carboxylic acids is 2. The van der Waals surface area contributed by atoms with E-state index in [4.69, 9.17) is 16.2 Å². The van der Waals surface area contributed by atoms with E-state index in [0.717, 1.165) is 12.8 Å². The Labute approximate surface area is 140 Å². The normalized spacial score (nSPS) is 24.2. The largest absolute Gasteiger partial charge is 0.365 e. The van der Waals surface area contributed by atoms with E-state index >= 15 is 0 Å². The van der Waals surface area contributed by atoms with Crippen LogP contribution in [0.15, 0.2) is 18.3 Å². The van der Waals surface area contributed by atoms with E-state index in [1.54, 1.807) is 18.3 Å². The Bertz CT molecular complexity index is 615. The van der Waals surface area contributed by atoms with Gasteiger partial charge in [-0.05, 0) is 25.0 Å². The maximum atomic E-state index is 12.5. The molecule has 130 valence electrons. The molecule has 4 N–H and O–H groups in total. The van der Waals surface area contributed by atoms with Gasteiger partial charge >= 0.3 is 0 Å². The quantitative estimate of drug-likeness (QED) is 0.755. The van der Waals surface area contributed by atoms with Crippen LogP contribution in [0.25, 0.3) is 0 Å². The molecule has 0 radical (unpaired) electrons. The van der Waals surface area contributed by atoms with Crippen LogP contribution in [0.1, 0.15) is 23.2 Å². The van der Waals surface area contributed by atoms with Crippen LogP contribution in [-0.2, 0) is 9.53 Å². The number of carbonyl (C=O) groups is 2. The zero-order valence-corrected chi connectivity index (χ0v) is 13.6. The predicted molar refractivity (Wildman–Crippen MR) is 88.5 cm³/mol. The Kier molecular flexibility index (Phi) is 4.96. The first-order chi connectivity index (χ1) is 11.6. The van der Waals surface area contributed by atoms with Crippen LogP contribution < -0.4 is 16.4 Å². The lowest BCUT2D eigenvalue weighted by atomic mass is 10.1. The van der Waals surface area contributed by atoms with Gasteiger partial charge in [0.2, 0.25) is 0 Å². The zero-order chi connectivity index (χ0) is 17.1. The summed E-state index contributed by atoms with van der Waals surface area (Å²) in [4.78, 5) is 32.1. The zero-order valence-electron chi connectivity index (χ0n) is 13.6. The first-order valence-corrected chi connectivity index (χ1v) is 8.24. The van der Waals surface area contributed by atoms with Gasteiger partial charge in [-0.2, -0.15) is 0 Å². The molecule has 1 aromatic heterocycles. The molecule has 2 amide bonds. The molecule has 0 saturated carbocycles. The summed E-state index contributed by atoms with van der Waals surface area (Å²) in [5, 5.41) is 0. The van der Waals surface area contributed by atoms with Gasteiger partial charge in [0, 0.05) is 38.9 Å². The summed E-state index contributed by atoms with van der Waals surface area (Å²) in [7, 11) is 0. The molecule has 0 aliphatic carbocycles. The minimum Gasteiger partial charge on any atom is -0.365 e. The fourth-order valence-electron chi connectivity index (χ4n) is 3.24. The molecular weight excluding hydrogens is 310 g/mol. The van der Waals surface area contributed by atoms with Gasteiger partial charge in [-0.3, -0.25) is 9.59 Å². The molecule has 2 atom stereocenters. The van der Waals surface area contributed by atoms with E-state index in [2.05, 4.69) is 4.98 Å². The van der Waals surface area contributed by atoms with Crippen molar-refractivity contribution in [2.75, 3.05) is 37.6 Å². The highest BCUT2D eigenvalue weighted by molar-refractivity contribution is 5.97. The number of hydrogen-bond acceptors (Lipinski definition) is 6. The van der Waals surface area contributed by atoms with Gasteiger partial charge in [-0.25, -0.2) is 4.98 Å². The van der Waals surface area contributed by atoms with Crippen molar-refractivity contribution < 1.29 is 14.3 Å². The summed E-state index contributed by atoms with van der Waals surface area (Å²) in [5.41, 5.74) is 11.4. The average molecular weight is 333 g/mol. The van der Waals surface area contributed by atoms with Crippen LogP contribution in [0, 0.1) is 0 Å². The Hall–Kier alpha value is -2.19. The first-order valence-electron chi connectivity index (χ1n) is 8.24. The fraction of sp³-hybridized carbons (Fsp3) is 0.562. The predicted octanol–water partition coefficient (Wildman–Crippen LogP) is -0.665. The minimum absolute atomic E-state index is 0.00752. The van der Waals surface area contributed by atoms with Crippen molar-refractivity contribution in [2.45, 2.75) is 25.0 Å². The summed E-state index contributed by atoms with van der Waals surface area (Å²) < 4.78 is 5.68. The Morgan fingerprint density at radius 3 is 2.62 bits per heavy atom. The molecule has 2 aliphatic heterocycles. The van der Waals surface area contributed by atoms with E-state index in [0.29, 0.717) is 44.1 Å². The Balaban J connectivity index is 1.60. The number of ether oxygens (including phenoxy) is 1. The molecule has 8 heteroatoms. The molecule has 2 aliphatic rings. The maximum Gasteiger partial charge on any atom is 0.252 e. The number of rotatable bonds is 4. The topological polar surface area (TPSA) is 115 Å². The van der Waals surface area contributed by atoms with Gasteiger partial charge in [0.05, 0.1) is 11.7 Å². The summed E-state index contributed by atoms with van der Waals surface area (Å²) in [6.45, 7) is 2.81. The third-order valence-corrected chi connectivity index (χ3v) is 4.59. The molecule has 2 fully saturated rings. The van der Waals surface area contributed by atoms with E-state index in [9.17, 15) is 9.59 Å². The van der Waals surface area contributed by atoms with E-state index < -0.39 is 5.91 Å². The van der Waals surface area contributed by atoms with Gasteiger partial charge in [0.15, 0.2) is 0 Å². The molecule has 0 bridgehead atoms.